The van der Waals surface area contributed by atoms with E-state index in [4.69, 9.17) is 5.73 Å². The van der Waals surface area contributed by atoms with Gasteiger partial charge in [0.25, 0.3) is 11.5 Å². The summed E-state index contributed by atoms with van der Waals surface area (Å²) in [7, 11) is 0. The standard InChI is InChI=1S/C20H22N4O3S/c1-2-3-11-23-17(21)16(18(25)22-20(23)27)24(13-14-8-5-4-6-9-14)19(26)15-10-7-12-28-15/h4-10,12H,2-3,11,13,21H2,1H3,(H,22,25,27). The number of carbonyl (C=O) groups excluding carboxylic acids is 1. The lowest BCUT2D eigenvalue weighted by Crippen LogP contribution is -2.40. The topological polar surface area (TPSA) is 101 Å². The second kappa shape index (κ2) is 8.71. The van der Waals surface area contributed by atoms with Gasteiger partial charge in [-0.15, -0.1) is 11.3 Å². The van der Waals surface area contributed by atoms with Crippen molar-refractivity contribution in [2.24, 2.45) is 0 Å². The van der Waals surface area contributed by atoms with Gasteiger partial charge in [0.2, 0.25) is 0 Å². The Hall–Kier alpha value is -3.13. The Labute approximate surface area is 166 Å². The molecule has 0 atom stereocenters. The molecule has 3 N–H and O–H groups in total. The first-order valence-corrected chi connectivity index (χ1v) is 9.92. The van der Waals surface area contributed by atoms with Crippen molar-refractivity contribution in [3.8, 4) is 0 Å². The quantitative estimate of drug-likeness (QED) is 0.639. The summed E-state index contributed by atoms with van der Waals surface area (Å²) in [6, 6.07) is 12.8. The van der Waals surface area contributed by atoms with Gasteiger partial charge in [-0.2, -0.15) is 0 Å². The molecule has 0 bridgehead atoms. The normalized spacial score (nSPS) is 10.8. The third kappa shape index (κ3) is 4.07. The summed E-state index contributed by atoms with van der Waals surface area (Å²) >= 11 is 1.28. The summed E-state index contributed by atoms with van der Waals surface area (Å²) < 4.78 is 1.32. The Kier molecular flexibility index (Phi) is 6.10. The number of carbonyl (C=O) groups is 1. The van der Waals surface area contributed by atoms with Gasteiger partial charge in [0, 0.05) is 6.54 Å². The highest BCUT2D eigenvalue weighted by Gasteiger charge is 2.26. The number of nitrogens with one attached hydrogen (secondary N) is 1. The van der Waals surface area contributed by atoms with Gasteiger partial charge in [0.15, 0.2) is 5.69 Å². The molecule has 2 heterocycles. The lowest BCUT2D eigenvalue weighted by atomic mass is 10.2. The van der Waals surface area contributed by atoms with E-state index in [2.05, 4.69) is 4.98 Å². The molecule has 2 aromatic heterocycles. The minimum absolute atomic E-state index is 0.00189. The summed E-state index contributed by atoms with van der Waals surface area (Å²) in [4.78, 5) is 42.2. The molecule has 0 fully saturated rings. The average Bonchev–Trinajstić information content (AvgIpc) is 3.22. The van der Waals surface area contributed by atoms with Gasteiger partial charge in [0.1, 0.15) is 5.82 Å². The number of H-pyrrole nitrogens is 1. The van der Waals surface area contributed by atoms with Gasteiger partial charge in [-0.1, -0.05) is 49.7 Å². The van der Waals surface area contributed by atoms with Gasteiger partial charge >= 0.3 is 5.69 Å². The number of hydrogen-bond acceptors (Lipinski definition) is 5. The number of anilines is 2. The fourth-order valence-electron chi connectivity index (χ4n) is 2.93. The summed E-state index contributed by atoms with van der Waals surface area (Å²) in [5.74, 6) is -0.334. The van der Waals surface area contributed by atoms with Crippen molar-refractivity contribution < 1.29 is 4.79 Å². The molecule has 0 spiro atoms. The van der Waals surface area contributed by atoms with Crippen molar-refractivity contribution in [2.75, 3.05) is 10.6 Å². The molecule has 0 radical (unpaired) electrons. The Balaban J connectivity index is 2.13. The molecule has 0 saturated carbocycles. The van der Waals surface area contributed by atoms with Crippen molar-refractivity contribution in [2.45, 2.75) is 32.9 Å². The molecule has 0 unspecified atom stereocenters. The zero-order valence-corrected chi connectivity index (χ0v) is 16.4. The van der Waals surface area contributed by atoms with Crippen LogP contribution < -0.4 is 21.9 Å². The Morgan fingerprint density at radius 2 is 1.93 bits per heavy atom. The highest BCUT2D eigenvalue weighted by atomic mass is 32.1. The van der Waals surface area contributed by atoms with Gasteiger partial charge in [-0.05, 0) is 23.4 Å². The molecule has 1 amide bonds. The second-order valence-electron chi connectivity index (χ2n) is 6.35. The van der Waals surface area contributed by atoms with Gasteiger partial charge in [-0.3, -0.25) is 24.0 Å². The fraction of sp³-hybridized carbons (Fsp3) is 0.250. The maximum atomic E-state index is 13.2. The van der Waals surface area contributed by atoms with E-state index >= 15 is 0 Å². The first-order valence-electron chi connectivity index (χ1n) is 9.04. The van der Waals surface area contributed by atoms with Crippen LogP contribution in [0.25, 0.3) is 0 Å². The number of aromatic nitrogens is 2. The first-order chi connectivity index (χ1) is 13.5. The Morgan fingerprint density at radius 3 is 2.57 bits per heavy atom. The predicted molar refractivity (Wildman–Crippen MR) is 112 cm³/mol. The molecule has 0 aliphatic rings. The van der Waals surface area contributed by atoms with Crippen molar-refractivity contribution in [3.63, 3.8) is 0 Å². The van der Waals surface area contributed by atoms with E-state index in [9.17, 15) is 14.4 Å². The van der Waals surface area contributed by atoms with Crippen LogP contribution in [0.4, 0.5) is 11.5 Å². The molecule has 0 aliphatic carbocycles. The van der Waals surface area contributed by atoms with E-state index in [-0.39, 0.29) is 24.0 Å². The Bertz CT molecular complexity index is 1060. The number of rotatable bonds is 7. The molecule has 28 heavy (non-hydrogen) atoms. The summed E-state index contributed by atoms with van der Waals surface area (Å²) in [6.07, 6.45) is 1.59. The number of nitrogens with zero attached hydrogens (tertiary/aromatic N) is 2. The number of nitrogen functional groups attached to an aromatic ring is 1. The van der Waals surface area contributed by atoms with E-state index in [0.717, 1.165) is 18.4 Å². The highest BCUT2D eigenvalue weighted by molar-refractivity contribution is 7.12. The second-order valence-corrected chi connectivity index (χ2v) is 7.30. The van der Waals surface area contributed by atoms with Crippen molar-refractivity contribution >= 4 is 28.7 Å². The summed E-state index contributed by atoms with van der Waals surface area (Å²) in [6.45, 7) is 2.53. The van der Waals surface area contributed by atoms with Crippen molar-refractivity contribution in [3.05, 3.63) is 79.1 Å². The van der Waals surface area contributed by atoms with Crippen LogP contribution in [0.15, 0.2) is 57.4 Å². The number of benzene rings is 1. The maximum absolute atomic E-state index is 13.2. The van der Waals surface area contributed by atoms with Crippen LogP contribution in [0.5, 0.6) is 0 Å². The van der Waals surface area contributed by atoms with E-state index < -0.39 is 11.2 Å². The van der Waals surface area contributed by atoms with Crippen LogP contribution in [-0.2, 0) is 13.1 Å². The third-order valence-electron chi connectivity index (χ3n) is 4.38. The molecule has 8 heteroatoms. The largest absolute Gasteiger partial charge is 0.383 e. The summed E-state index contributed by atoms with van der Waals surface area (Å²) in [5.41, 5.74) is 5.83. The number of nitrogens with two attached hydrogens (primary N) is 1. The van der Waals surface area contributed by atoms with E-state index in [1.165, 1.54) is 20.8 Å². The monoisotopic (exact) mass is 398 g/mol. The van der Waals surface area contributed by atoms with Crippen molar-refractivity contribution in [1.29, 1.82) is 0 Å². The molecule has 0 saturated heterocycles. The fourth-order valence-corrected chi connectivity index (χ4v) is 3.60. The van der Waals surface area contributed by atoms with Crippen LogP contribution in [0.3, 0.4) is 0 Å². The van der Waals surface area contributed by atoms with Gasteiger partial charge < -0.3 is 5.73 Å². The van der Waals surface area contributed by atoms with Crippen LogP contribution in [0.1, 0.15) is 35.0 Å². The number of aromatic amines is 1. The lowest BCUT2D eigenvalue weighted by Gasteiger charge is -2.24. The number of unbranched alkanes of at least 4 members (excludes halogenated alkanes) is 1. The summed E-state index contributed by atoms with van der Waals surface area (Å²) in [5, 5.41) is 1.80. The van der Waals surface area contributed by atoms with Crippen LogP contribution in [0, 0.1) is 0 Å². The number of hydrogen-bond donors (Lipinski definition) is 2. The van der Waals surface area contributed by atoms with Crippen molar-refractivity contribution in [1.82, 2.24) is 9.55 Å². The number of thiophene rings is 1. The molecule has 3 aromatic rings. The molecule has 0 aliphatic heterocycles. The molecule has 146 valence electrons. The number of amides is 1. The highest BCUT2D eigenvalue weighted by Crippen LogP contribution is 2.23. The smallest absolute Gasteiger partial charge is 0.330 e. The predicted octanol–water partition coefficient (Wildman–Crippen LogP) is 2.83. The van der Waals surface area contributed by atoms with Gasteiger partial charge in [0.05, 0.1) is 11.4 Å². The first kappa shape index (κ1) is 19.6. The molecule has 1 aromatic carbocycles. The molecular formula is C20H22N4O3S. The van der Waals surface area contributed by atoms with Crippen LogP contribution in [0.2, 0.25) is 0 Å². The van der Waals surface area contributed by atoms with Gasteiger partial charge in [-0.25, -0.2) is 4.79 Å². The zero-order valence-electron chi connectivity index (χ0n) is 15.6. The Morgan fingerprint density at radius 1 is 1.18 bits per heavy atom. The van der Waals surface area contributed by atoms with Crippen LogP contribution in [-0.4, -0.2) is 15.5 Å². The lowest BCUT2D eigenvalue weighted by molar-refractivity contribution is 0.0988. The minimum Gasteiger partial charge on any atom is -0.383 e. The van der Waals surface area contributed by atoms with Crippen LogP contribution >= 0.6 is 11.3 Å². The minimum atomic E-state index is -0.670. The maximum Gasteiger partial charge on any atom is 0.330 e. The SMILES string of the molecule is CCCCn1c(N)c(N(Cc2ccccc2)C(=O)c2cccs2)c(=O)[nH]c1=O. The molecular weight excluding hydrogens is 376 g/mol. The van der Waals surface area contributed by atoms with E-state index in [1.807, 2.05) is 37.3 Å². The molecule has 7 nitrogen and oxygen atoms in total. The molecule has 3 rings (SSSR count). The van der Waals surface area contributed by atoms with E-state index in [0.29, 0.717) is 11.4 Å². The third-order valence-corrected chi connectivity index (χ3v) is 5.24. The zero-order chi connectivity index (χ0) is 20.1. The van der Waals surface area contributed by atoms with E-state index in [1.54, 1.807) is 17.5 Å². The average molecular weight is 398 g/mol.